The molecule has 1 heterocycles. The van der Waals surface area contributed by atoms with Gasteiger partial charge in [-0.1, -0.05) is 38.1 Å². The molecule has 1 saturated carbocycles. The van der Waals surface area contributed by atoms with Crippen LogP contribution in [0.4, 0.5) is 0 Å². The highest BCUT2D eigenvalue weighted by molar-refractivity contribution is 7.05. The Morgan fingerprint density at radius 3 is 2.69 bits per heavy atom. The number of rotatable bonds is 4. The minimum atomic E-state index is 0.0551. The molecule has 0 aromatic carbocycles. The summed E-state index contributed by atoms with van der Waals surface area (Å²) in [6.07, 6.45) is 5.15. The predicted octanol–water partition coefficient (Wildman–Crippen LogP) is 3.03. The fourth-order valence-corrected chi connectivity index (χ4v) is 2.81. The molecule has 0 spiro atoms. The Hall–Kier alpha value is -0.480. The van der Waals surface area contributed by atoms with Crippen molar-refractivity contribution in [2.75, 3.05) is 0 Å². The molecule has 1 atom stereocenters. The first-order chi connectivity index (χ1) is 7.48. The second-order valence-corrected chi connectivity index (χ2v) is 6.65. The monoisotopic (exact) mass is 239 g/mol. The fraction of sp³-hybridized carbons (Fsp3) is 0.833. The van der Waals surface area contributed by atoms with Crippen LogP contribution in [0.5, 0.6) is 0 Å². The van der Waals surface area contributed by atoms with Gasteiger partial charge in [-0.2, -0.15) is 0 Å². The van der Waals surface area contributed by atoms with Gasteiger partial charge in [0.1, 0.15) is 0 Å². The summed E-state index contributed by atoms with van der Waals surface area (Å²) in [5.74, 6) is 0.949. The number of hydrogen-bond acceptors (Lipinski definition) is 4. The molecule has 3 nitrogen and oxygen atoms in total. The van der Waals surface area contributed by atoms with E-state index in [0.717, 1.165) is 18.0 Å². The molecule has 2 rings (SSSR count). The zero-order valence-electron chi connectivity index (χ0n) is 10.4. The number of nitrogens with two attached hydrogens (primary N) is 1. The van der Waals surface area contributed by atoms with Crippen LogP contribution in [0, 0.1) is 5.92 Å². The maximum absolute atomic E-state index is 6.24. The summed E-state index contributed by atoms with van der Waals surface area (Å²) in [6, 6.07) is 0.134. The second kappa shape index (κ2) is 4.41. The Balaban J connectivity index is 2.03. The summed E-state index contributed by atoms with van der Waals surface area (Å²) >= 11 is 1.47. The first kappa shape index (κ1) is 12.0. The Bertz CT molecular complexity index is 349. The third-order valence-corrected chi connectivity index (χ3v) is 4.00. The van der Waals surface area contributed by atoms with Gasteiger partial charge in [-0.3, -0.25) is 0 Å². The van der Waals surface area contributed by atoms with Gasteiger partial charge in [0.05, 0.1) is 10.6 Å². The highest BCUT2D eigenvalue weighted by atomic mass is 32.1. The first-order valence-electron chi connectivity index (χ1n) is 6.07. The summed E-state index contributed by atoms with van der Waals surface area (Å²) in [5, 5.41) is 4.24. The van der Waals surface area contributed by atoms with E-state index in [9.17, 15) is 0 Å². The van der Waals surface area contributed by atoms with Gasteiger partial charge in [-0.25, -0.2) is 0 Å². The van der Waals surface area contributed by atoms with Crippen LogP contribution in [-0.2, 0) is 5.41 Å². The molecule has 2 N–H and O–H groups in total. The van der Waals surface area contributed by atoms with Crippen LogP contribution in [-0.4, -0.2) is 9.59 Å². The highest BCUT2D eigenvalue weighted by Gasteiger charge is 2.27. The third kappa shape index (κ3) is 2.80. The molecule has 1 aromatic rings. The lowest BCUT2D eigenvalue weighted by Crippen LogP contribution is -2.19. The van der Waals surface area contributed by atoms with E-state index >= 15 is 0 Å². The predicted molar refractivity (Wildman–Crippen MR) is 67.5 cm³/mol. The van der Waals surface area contributed by atoms with Crippen LogP contribution < -0.4 is 5.73 Å². The maximum atomic E-state index is 6.24. The molecule has 1 unspecified atom stereocenters. The lowest BCUT2D eigenvalue weighted by Gasteiger charge is -2.19. The number of nitrogens with zero attached hydrogens (tertiary/aromatic N) is 2. The standard InChI is InChI=1S/C12H21N3S/c1-12(2,3)11-10(16-15-14-11)9(13)7-6-8-4-5-8/h8-9H,4-7,13H2,1-3H3. The van der Waals surface area contributed by atoms with Crippen molar-refractivity contribution in [2.45, 2.75) is 57.9 Å². The molecule has 1 aliphatic rings. The van der Waals surface area contributed by atoms with E-state index < -0.39 is 0 Å². The maximum Gasteiger partial charge on any atom is 0.0856 e. The van der Waals surface area contributed by atoms with E-state index in [1.54, 1.807) is 0 Å². The van der Waals surface area contributed by atoms with Crippen LogP contribution in [0.2, 0.25) is 0 Å². The average Bonchev–Trinajstić information content (AvgIpc) is 2.86. The summed E-state index contributed by atoms with van der Waals surface area (Å²) in [5.41, 5.74) is 7.38. The normalized spacial score (nSPS) is 18.8. The van der Waals surface area contributed by atoms with Gasteiger partial charge in [0.15, 0.2) is 0 Å². The molecule has 0 aliphatic heterocycles. The SMILES string of the molecule is CC(C)(C)c1nnsc1C(N)CCC1CC1. The van der Waals surface area contributed by atoms with Gasteiger partial charge in [-0.05, 0) is 30.3 Å². The fourth-order valence-electron chi connectivity index (χ4n) is 1.91. The molecule has 90 valence electrons. The summed E-state index contributed by atoms with van der Waals surface area (Å²) in [7, 11) is 0. The molecule has 0 amide bonds. The molecule has 4 heteroatoms. The highest BCUT2D eigenvalue weighted by Crippen LogP contribution is 2.37. The molecular formula is C12H21N3S. The van der Waals surface area contributed by atoms with Crippen LogP contribution >= 0.6 is 11.5 Å². The third-order valence-electron chi connectivity index (χ3n) is 3.14. The molecule has 1 aromatic heterocycles. The second-order valence-electron chi connectivity index (χ2n) is 5.86. The lowest BCUT2D eigenvalue weighted by molar-refractivity contribution is 0.531. The van der Waals surface area contributed by atoms with Crippen LogP contribution in [0.1, 0.15) is 63.1 Å². The molecule has 0 bridgehead atoms. The Morgan fingerprint density at radius 1 is 1.44 bits per heavy atom. The van der Waals surface area contributed by atoms with Crippen molar-refractivity contribution in [1.82, 2.24) is 9.59 Å². The van der Waals surface area contributed by atoms with Gasteiger partial charge in [0, 0.05) is 11.5 Å². The van der Waals surface area contributed by atoms with E-state index in [0.29, 0.717) is 0 Å². The summed E-state index contributed by atoms with van der Waals surface area (Å²) in [6.45, 7) is 6.50. The minimum Gasteiger partial charge on any atom is -0.323 e. The Morgan fingerprint density at radius 2 is 2.12 bits per heavy atom. The van der Waals surface area contributed by atoms with E-state index in [2.05, 4.69) is 30.4 Å². The molecule has 1 aliphatic carbocycles. The van der Waals surface area contributed by atoms with Crippen molar-refractivity contribution in [1.29, 1.82) is 0 Å². The first-order valence-corrected chi connectivity index (χ1v) is 6.84. The van der Waals surface area contributed by atoms with Gasteiger partial charge < -0.3 is 5.73 Å². The van der Waals surface area contributed by atoms with Crippen molar-refractivity contribution in [3.05, 3.63) is 10.6 Å². The van der Waals surface area contributed by atoms with Crippen LogP contribution in [0.3, 0.4) is 0 Å². The van der Waals surface area contributed by atoms with Crippen molar-refractivity contribution >= 4 is 11.5 Å². The number of aromatic nitrogens is 2. The van der Waals surface area contributed by atoms with E-state index in [1.165, 1.54) is 35.7 Å². The lowest BCUT2D eigenvalue weighted by atomic mass is 9.89. The Kier molecular flexibility index (Phi) is 3.31. The average molecular weight is 239 g/mol. The smallest absolute Gasteiger partial charge is 0.0856 e. The van der Waals surface area contributed by atoms with Crippen molar-refractivity contribution in [3.8, 4) is 0 Å². The van der Waals surface area contributed by atoms with E-state index in [-0.39, 0.29) is 11.5 Å². The van der Waals surface area contributed by atoms with Crippen molar-refractivity contribution in [3.63, 3.8) is 0 Å². The summed E-state index contributed by atoms with van der Waals surface area (Å²) in [4.78, 5) is 1.19. The molecular weight excluding hydrogens is 218 g/mol. The van der Waals surface area contributed by atoms with Crippen molar-refractivity contribution < 1.29 is 0 Å². The molecule has 16 heavy (non-hydrogen) atoms. The largest absolute Gasteiger partial charge is 0.323 e. The van der Waals surface area contributed by atoms with Gasteiger partial charge >= 0.3 is 0 Å². The zero-order chi connectivity index (χ0) is 11.8. The topological polar surface area (TPSA) is 51.8 Å². The van der Waals surface area contributed by atoms with Gasteiger partial charge in [0.25, 0.3) is 0 Å². The van der Waals surface area contributed by atoms with Crippen LogP contribution in [0.25, 0.3) is 0 Å². The zero-order valence-corrected chi connectivity index (χ0v) is 11.2. The molecule has 0 radical (unpaired) electrons. The van der Waals surface area contributed by atoms with Crippen LogP contribution in [0.15, 0.2) is 0 Å². The molecule has 0 saturated heterocycles. The van der Waals surface area contributed by atoms with E-state index in [4.69, 9.17) is 5.73 Å². The van der Waals surface area contributed by atoms with Crippen molar-refractivity contribution in [2.24, 2.45) is 11.7 Å². The number of hydrogen-bond donors (Lipinski definition) is 1. The molecule has 1 fully saturated rings. The Labute approximate surface area is 102 Å². The quantitative estimate of drug-likeness (QED) is 0.878. The van der Waals surface area contributed by atoms with E-state index in [1.807, 2.05) is 0 Å². The van der Waals surface area contributed by atoms with Gasteiger partial charge in [0.2, 0.25) is 0 Å². The summed E-state index contributed by atoms with van der Waals surface area (Å²) < 4.78 is 4.06. The van der Waals surface area contributed by atoms with Gasteiger partial charge in [-0.15, -0.1) is 5.10 Å². The minimum absolute atomic E-state index is 0.0551.